The molecule has 1 aliphatic heterocycles. The van der Waals surface area contributed by atoms with Gasteiger partial charge in [-0.2, -0.15) is 0 Å². The van der Waals surface area contributed by atoms with E-state index in [-0.39, 0.29) is 24.2 Å². The molecule has 1 saturated carbocycles. The van der Waals surface area contributed by atoms with Gasteiger partial charge in [-0.15, -0.1) is 11.3 Å². The molecule has 0 saturated heterocycles. The maximum atomic E-state index is 14.3. The monoisotopic (exact) mass is 494 g/mol. The van der Waals surface area contributed by atoms with Gasteiger partial charge < -0.3 is 14.8 Å². The van der Waals surface area contributed by atoms with Crippen LogP contribution in [0.4, 0.5) is 10.1 Å². The molecule has 1 aliphatic carbocycles. The second kappa shape index (κ2) is 10.5. The lowest BCUT2D eigenvalue weighted by atomic mass is 9.95. The number of nitrogens with one attached hydrogen (secondary N) is 1. The van der Waals surface area contributed by atoms with Crippen LogP contribution >= 0.6 is 11.3 Å². The van der Waals surface area contributed by atoms with Crippen LogP contribution in [0.15, 0.2) is 66.0 Å². The van der Waals surface area contributed by atoms with Crippen LogP contribution in [0.1, 0.15) is 43.0 Å². The Balaban J connectivity index is 1.51. The Morgan fingerprint density at radius 2 is 1.80 bits per heavy atom. The summed E-state index contributed by atoms with van der Waals surface area (Å²) in [5.41, 5.74) is 0.287. The number of halogens is 1. The summed E-state index contributed by atoms with van der Waals surface area (Å²) < 4.78 is 26.1. The fourth-order valence-electron chi connectivity index (χ4n) is 4.67. The van der Waals surface area contributed by atoms with Crippen LogP contribution in [-0.4, -0.2) is 30.6 Å². The van der Waals surface area contributed by atoms with Crippen LogP contribution in [-0.2, 0) is 9.59 Å². The number of para-hydroxylation sites is 2. The van der Waals surface area contributed by atoms with Crippen LogP contribution in [0.25, 0.3) is 0 Å². The summed E-state index contributed by atoms with van der Waals surface area (Å²) in [7, 11) is 0. The Bertz CT molecular complexity index is 1180. The van der Waals surface area contributed by atoms with Crippen molar-refractivity contribution in [2.75, 3.05) is 11.5 Å². The first-order chi connectivity index (χ1) is 17.1. The highest BCUT2D eigenvalue weighted by molar-refractivity contribution is 7.10. The van der Waals surface area contributed by atoms with Crippen molar-refractivity contribution in [2.24, 2.45) is 0 Å². The van der Waals surface area contributed by atoms with Crippen molar-refractivity contribution in [3.8, 4) is 11.5 Å². The molecule has 0 bridgehead atoms. The molecule has 6 nitrogen and oxygen atoms in total. The van der Waals surface area contributed by atoms with Gasteiger partial charge >= 0.3 is 0 Å². The van der Waals surface area contributed by atoms with Crippen molar-refractivity contribution in [1.82, 2.24) is 5.32 Å². The Hall–Kier alpha value is -3.39. The number of hydrogen-bond donors (Lipinski definition) is 1. The van der Waals surface area contributed by atoms with Crippen molar-refractivity contribution in [2.45, 2.75) is 50.3 Å². The molecule has 2 aromatic carbocycles. The molecule has 5 rings (SSSR count). The molecule has 1 fully saturated rings. The molecular formula is C27H27FN2O4S. The number of rotatable bonds is 6. The average Bonchev–Trinajstić information content (AvgIpc) is 3.41. The summed E-state index contributed by atoms with van der Waals surface area (Å²) in [5.74, 6) is -0.241. The van der Waals surface area contributed by atoms with Gasteiger partial charge in [-0.1, -0.05) is 43.5 Å². The van der Waals surface area contributed by atoms with Crippen molar-refractivity contribution >= 4 is 28.8 Å². The lowest BCUT2D eigenvalue weighted by Gasteiger charge is -2.35. The van der Waals surface area contributed by atoms with Crippen LogP contribution < -0.4 is 19.7 Å². The van der Waals surface area contributed by atoms with Crippen molar-refractivity contribution < 1.29 is 23.5 Å². The molecule has 1 aromatic heterocycles. The van der Waals surface area contributed by atoms with E-state index in [2.05, 4.69) is 5.32 Å². The Morgan fingerprint density at radius 3 is 2.54 bits per heavy atom. The largest absolute Gasteiger partial charge is 0.485 e. The van der Waals surface area contributed by atoms with Gasteiger partial charge in [0.25, 0.3) is 5.91 Å². The van der Waals surface area contributed by atoms with Gasteiger partial charge in [-0.05, 0) is 54.6 Å². The number of carbonyl (C=O) groups is 2. The smallest absolute Gasteiger partial charge is 0.272 e. The number of thiophene rings is 1. The van der Waals surface area contributed by atoms with Gasteiger partial charge in [0.2, 0.25) is 12.0 Å². The number of benzene rings is 2. The summed E-state index contributed by atoms with van der Waals surface area (Å²) >= 11 is 1.38. The van der Waals surface area contributed by atoms with Gasteiger partial charge in [0.15, 0.2) is 11.5 Å². The number of fused-ring (bicyclic) bond motifs is 1. The molecule has 2 atom stereocenters. The molecule has 35 heavy (non-hydrogen) atoms. The fraction of sp³-hybridized carbons (Fsp3) is 0.333. The number of ether oxygens (including phenoxy) is 2. The van der Waals surface area contributed by atoms with E-state index in [1.165, 1.54) is 34.4 Å². The SMILES string of the molecule is O=C(NC1CCCCC1)[C@@H](c1cccs1)N(C(=O)[C@H]1COc2ccccc2O1)c1cccc(F)c1. The Morgan fingerprint density at radius 1 is 1.00 bits per heavy atom. The fourth-order valence-corrected chi connectivity index (χ4v) is 5.49. The van der Waals surface area contributed by atoms with E-state index < -0.39 is 23.9 Å². The van der Waals surface area contributed by atoms with Gasteiger partial charge in [0, 0.05) is 16.6 Å². The van der Waals surface area contributed by atoms with Crippen molar-refractivity contribution in [3.05, 3.63) is 76.7 Å². The van der Waals surface area contributed by atoms with Crippen molar-refractivity contribution in [3.63, 3.8) is 0 Å². The first kappa shape index (κ1) is 23.4. The van der Waals surface area contributed by atoms with Gasteiger partial charge in [-0.25, -0.2) is 4.39 Å². The second-order valence-corrected chi connectivity index (χ2v) is 9.79. The molecule has 0 radical (unpaired) electrons. The highest BCUT2D eigenvalue weighted by Crippen LogP contribution is 2.35. The van der Waals surface area contributed by atoms with Crippen LogP contribution in [0.5, 0.6) is 11.5 Å². The van der Waals surface area contributed by atoms with E-state index in [0.717, 1.165) is 32.1 Å². The predicted octanol–water partition coefficient (Wildman–Crippen LogP) is 5.25. The molecule has 182 valence electrons. The topological polar surface area (TPSA) is 67.9 Å². The number of carbonyl (C=O) groups excluding carboxylic acids is 2. The third-order valence-corrected chi connectivity index (χ3v) is 7.30. The minimum Gasteiger partial charge on any atom is -0.485 e. The van der Waals surface area contributed by atoms with E-state index in [1.807, 2.05) is 23.6 Å². The minimum atomic E-state index is -0.988. The highest BCUT2D eigenvalue weighted by Gasteiger charge is 2.40. The van der Waals surface area contributed by atoms with E-state index in [4.69, 9.17) is 9.47 Å². The van der Waals surface area contributed by atoms with E-state index >= 15 is 0 Å². The molecule has 0 unspecified atom stereocenters. The highest BCUT2D eigenvalue weighted by atomic mass is 32.1. The first-order valence-electron chi connectivity index (χ1n) is 11.9. The summed E-state index contributed by atoms with van der Waals surface area (Å²) in [6, 6.07) is 15.6. The summed E-state index contributed by atoms with van der Waals surface area (Å²) in [5, 5.41) is 5.02. The van der Waals surface area contributed by atoms with E-state index in [9.17, 15) is 14.0 Å². The Labute approximate surface area is 207 Å². The van der Waals surface area contributed by atoms with Gasteiger partial charge in [-0.3, -0.25) is 14.5 Å². The maximum absolute atomic E-state index is 14.3. The molecule has 2 aliphatic rings. The maximum Gasteiger partial charge on any atom is 0.272 e. The van der Waals surface area contributed by atoms with Crippen molar-refractivity contribution in [1.29, 1.82) is 0 Å². The summed E-state index contributed by atoms with van der Waals surface area (Å²) in [6.07, 6.45) is 4.12. The quantitative estimate of drug-likeness (QED) is 0.508. The summed E-state index contributed by atoms with van der Waals surface area (Å²) in [6.45, 7) is -0.0108. The molecule has 2 amide bonds. The third kappa shape index (κ3) is 5.17. The van der Waals surface area contributed by atoms with Crippen LogP contribution in [0.2, 0.25) is 0 Å². The van der Waals surface area contributed by atoms with Gasteiger partial charge in [0.05, 0.1) is 0 Å². The minimum absolute atomic E-state index is 0.0108. The number of nitrogens with zero attached hydrogens (tertiary/aromatic N) is 1. The molecule has 1 N–H and O–H groups in total. The van der Waals surface area contributed by atoms with Crippen LogP contribution in [0, 0.1) is 5.82 Å². The predicted molar refractivity (Wildman–Crippen MR) is 132 cm³/mol. The molecule has 2 heterocycles. The Kier molecular flexibility index (Phi) is 6.99. The van der Waals surface area contributed by atoms with Crippen LogP contribution in [0.3, 0.4) is 0 Å². The average molecular weight is 495 g/mol. The zero-order chi connectivity index (χ0) is 24.2. The zero-order valence-corrected chi connectivity index (χ0v) is 20.0. The van der Waals surface area contributed by atoms with E-state index in [0.29, 0.717) is 16.4 Å². The third-order valence-electron chi connectivity index (χ3n) is 6.38. The zero-order valence-electron chi connectivity index (χ0n) is 19.2. The normalized spacial score (nSPS) is 18.5. The molecule has 8 heteroatoms. The standard InChI is InChI=1S/C27H27FN2O4S/c28-18-8-6-11-20(16-18)30(27(32)23-17-33-21-12-4-5-13-22(21)34-23)25(24-14-7-15-35-24)26(31)29-19-9-2-1-3-10-19/h4-8,11-16,19,23,25H,1-3,9-10,17H2,(H,29,31)/t23-,25-/m1/s1. The second-order valence-electron chi connectivity index (χ2n) is 8.81. The lowest BCUT2D eigenvalue weighted by Crippen LogP contribution is -2.52. The molecular weight excluding hydrogens is 467 g/mol. The number of anilines is 1. The number of hydrogen-bond acceptors (Lipinski definition) is 5. The molecule has 3 aromatic rings. The summed E-state index contributed by atoms with van der Waals surface area (Å²) in [4.78, 5) is 29.8. The van der Waals surface area contributed by atoms with E-state index in [1.54, 1.807) is 24.3 Å². The van der Waals surface area contributed by atoms with Gasteiger partial charge in [0.1, 0.15) is 18.5 Å². The lowest BCUT2D eigenvalue weighted by molar-refractivity contribution is -0.132. The number of amides is 2. The first-order valence-corrected chi connectivity index (χ1v) is 12.8. The molecule has 0 spiro atoms.